The molecule has 5 rings (SSSR count). The smallest absolute Gasteiger partial charge is 0.257 e. The van der Waals surface area contributed by atoms with E-state index in [-0.39, 0.29) is 5.91 Å². The van der Waals surface area contributed by atoms with Crippen LogP contribution in [0.1, 0.15) is 27.0 Å². The fraction of sp³-hybridized carbons (Fsp3) is 0.259. The van der Waals surface area contributed by atoms with Crippen molar-refractivity contribution < 1.29 is 4.79 Å². The van der Waals surface area contributed by atoms with Crippen molar-refractivity contribution in [2.24, 2.45) is 0 Å². The first kappa shape index (κ1) is 21.8. The molecule has 0 aliphatic carbocycles. The Morgan fingerprint density at radius 2 is 1.47 bits per heavy atom. The quantitative estimate of drug-likeness (QED) is 0.458. The van der Waals surface area contributed by atoms with Crippen LogP contribution in [0, 0.1) is 13.8 Å². The van der Waals surface area contributed by atoms with Crippen molar-refractivity contribution in [1.29, 1.82) is 0 Å². The van der Waals surface area contributed by atoms with Gasteiger partial charge in [0.05, 0.1) is 12.1 Å². The zero-order chi connectivity index (χ0) is 23.5. The summed E-state index contributed by atoms with van der Waals surface area (Å²) in [7, 11) is 0. The summed E-state index contributed by atoms with van der Waals surface area (Å²) in [5, 5.41) is 4.85. The lowest BCUT2D eigenvalue weighted by Crippen LogP contribution is -2.49. The monoisotopic (exact) mass is 452 g/mol. The summed E-state index contributed by atoms with van der Waals surface area (Å²) in [4.78, 5) is 26.3. The summed E-state index contributed by atoms with van der Waals surface area (Å²) in [5.74, 6) is 0.722. The number of hydrogen-bond acceptors (Lipinski definition) is 5. The topological polar surface area (TPSA) is 67.2 Å². The largest absolute Gasteiger partial charge is 0.337 e. The van der Waals surface area contributed by atoms with Crippen LogP contribution in [0.4, 0.5) is 5.95 Å². The summed E-state index contributed by atoms with van der Waals surface area (Å²) in [6.07, 6.45) is 5.39. The molecule has 0 bridgehead atoms. The van der Waals surface area contributed by atoms with Gasteiger partial charge >= 0.3 is 0 Å². The Hall–Kier alpha value is -4.00. The van der Waals surface area contributed by atoms with E-state index in [4.69, 9.17) is 5.10 Å². The molecule has 172 valence electrons. The average Bonchev–Trinajstić information content (AvgIpc) is 3.30. The normalized spacial score (nSPS) is 13.8. The molecule has 7 heteroatoms. The van der Waals surface area contributed by atoms with E-state index in [2.05, 4.69) is 65.1 Å². The first-order valence-electron chi connectivity index (χ1n) is 11.6. The number of benzene rings is 2. The van der Waals surface area contributed by atoms with Crippen molar-refractivity contribution in [2.75, 3.05) is 31.1 Å². The number of amides is 1. The minimum Gasteiger partial charge on any atom is -0.337 e. The zero-order valence-corrected chi connectivity index (χ0v) is 19.6. The van der Waals surface area contributed by atoms with E-state index in [9.17, 15) is 4.79 Å². The third-order valence-corrected chi connectivity index (χ3v) is 6.18. The maximum atomic E-state index is 13.6. The van der Waals surface area contributed by atoms with E-state index < -0.39 is 0 Å². The molecule has 1 aliphatic heterocycles. The molecule has 2 aromatic heterocycles. The number of piperazine rings is 1. The number of carbonyl (C=O) groups is 1. The summed E-state index contributed by atoms with van der Waals surface area (Å²) in [6.45, 7) is 7.39. The van der Waals surface area contributed by atoms with Gasteiger partial charge in [-0.3, -0.25) is 9.48 Å². The highest BCUT2D eigenvalue weighted by molar-refractivity contribution is 6.00. The summed E-state index contributed by atoms with van der Waals surface area (Å²) in [6, 6.07) is 18.4. The summed E-state index contributed by atoms with van der Waals surface area (Å²) < 4.78 is 1.88. The zero-order valence-electron chi connectivity index (χ0n) is 19.6. The van der Waals surface area contributed by atoms with Crippen molar-refractivity contribution in [2.45, 2.75) is 20.4 Å². The van der Waals surface area contributed by atoms with Gasteiger partial charge in [-0.25, -0.2) is 9.97 Å². The highest BCUT2D eigenvalue weighted by atomic mass is 16.2. The summed E-state index contributed by atoms with van der Waals surface area (Å²) in [5.41, 5.74) is 5.87. The predicted octanol–water partition coefficient (Wildman–Crippen LogP) is 3.97. The Morgan fingerprint density at radius 1 is 0.853 bits per heavy atom. The fourth-order valence-corrected chi connectivity index (χ4v) is 4.20. The lowest BCUT2D eigenvalue weighted by molar-refractivity contribution is 0.0747. The molecule has 1 fully saturated rings. The Labute approximate surface area is 199 Å². The van der Waals surface area contributed by atoms with Crippen molar-refractivity contribution in [3.63, 3.8) is 0 Å². The van der Waals surface area contributed by atoms with Crippen LogP contribution in [-0.2, 0) is 6.54 Å². The standard InChI is InChI=1S/C27H28N6O/c1-20-4-8-22(9-5-20)18-33-19-24(25(30-33)23-10-6-21(2)7-11-23)26(34)31-14-16-32(17-15-31)27-28-12-3-13-29-27/h3-13,19H,14-18H2,1-2H3. The second kappa shape index (κ2) is 9.47. The fourth-order valence-electron chi connectivity index (χ4n) is 4.20. The third kappa shape index (κ3) is 4.69. The number of rotatable bonds is 5. The van der Waals surface area contributed by atoms with Gasteiger partial charge in [-0.2, -0.15) is 5.10 Å². The Kier molecular flexibility index (Phi) is 6.08. The van der Waals surface area contributed by atoms with Crippen LogP contribution in [0.2, 0.25) is 0 Å². The van der Waals surface area contributed by atoms with E-state index in [1.807, 2.05) is 34.0 Å². The van der Waals surface area contributed by atoms with Gasteiger partial charge in [0.25, 0.3) is 5.91 Å². The molecule has 0 N–H and O–H groups in total. The molecule has 0 unspecified atom stereocenters. The first-order valence-corrected chi connectivity index (χ1v) is 11.6. The van der Waals surface area contributed by atoms with Crippen LogP contribution in [0.3, 0.4) is 0 Å². The van der Waals surface area contributed by atoms with Gasteiger partial charge < -0.3 is 9.80 Å². The highest BCUT2D eigenvalue weighted by Gasteiger charge is 2.27. The second-order valence-corrected chi connectivity index (χ2v) is 8.77. The van der Waals surface area contributed by atoms with E-state index in [0.29, 0.717) is 44.2 Å². The molecular weight excluding hydrogens is 424 g/mol. The van der Waals surface area contributed by atoms with E-state index in [1.165, 1.54) is 11.1 Å². The van der Waals surface area contributed by atoms with Crippen LogP contribution in [0.15, 0.2) is 73.2 Å². The minimum atomic E-state index is 0.0133. The van der Waals surface area contributed by atoms with Gasteiger partial charge in [0.1, 0.15) is 5.69 Å². The molecule has 4 aromatic rings. The Bertz CT molecular complexity index is 1260. The predicted molar refractivity (Wildman–Crippen MR) is 133 cm³/mol. The number of aromatic nitrogens is 4. The first-order chi connectivity index (χ1) is 16.6. The van der Waals surface area contributed by atoms with Crippen LogP contribution >= 0.6 is 0 Å². The molecule has 0 atom stereocenters. The minimum absolute atomic E-state index is 0.0133. The molecule has 0 saturated carbocycles. The van der Waals surface area contributed by atoms with Crippen LogP contribution in [0.25, 0.3) is 11.3 Å². The highest BCUT2D eigenvalue weighted by Crippen LogP contribution is 2.25. The molecular formula is C27H28N6O. The van der Waals surface area contributed by atoms with Crippen molar-refractivity contribution >= 4 is 11.9 Å². The molecule has 7 nitrogen and oxygen atoms in total. The second-order valence-electron chi connectivity index (χ2n) is 8.77. The lowest BCUT2D eigenvalue weighted by atomic mass is 10.1. The number of carbonyl (C=O) groups excluding carboxylic acids is 1. The van der Waals surface area contributed by atoms with Gasteiger partial charge in [0.15, 0.2) is 0 Å². The average molecular weight is 453 g/mol. The van der Waals surface area contributed by atoms with Crippen LogP contribution in [-0.4, -0.2) is 56.7 Å². The van der Waals surface area contributed by atoms with Gasteiger partial charge in [-0.1, -0.05) is 59.7 Å². The SMILES string of the molecule is Cc1ccc(Cn2cc(C(=O)N3CCN(c4ncccn4)CC3)c(-c3ccc(C)cc3)n2)cc1. The molecule has 3 heterocycles. The number of hydrogen-bond donors (Lipinski definition) is 0. The molecule has 0 radical (unpaired) electrons. The number of anilines is 1. The van der Waals surface area contributed by atoms with Crippen LogP contribution < -0.4 is 4.90 Å². The molecule has 34 heavy (non-hydrogen) atoms. The molecule has 1 amide bonds. The Balaban J connectivity index is 1.40. The molecule has 1 saturated heterocycles. The van der Waals surface area contributed by atoms with Crippen molar-refractivity contribution in [1.82, 2.24) is 24.6 Å². The van der Waals surface area contributed by atoms with Crippen LogP contribution in [0.5, 0.6) is 0 Å². The summed E-state index contributed by atoms with van der Waals surface area (Å²) >= 11 is 0. The lowest BCUT2D eigenvalue weighted by Gasteiger charge is -2.34. The van der Waals surface area contributed by atoms with Crippen molar-refractivity contribution in [3.8, 4) is 11.3 Å². The van der Waals surface area contributed by atoms with Gasteiger partial charge in [0.2, 0.25) is 5.95 Å². The number of aryl methyl sites for hydroxylation is 2. The van der Waals surface area contributed by atoms with Gasteiger partial charge in [-0.15, -0.1) is 0 Å². The van der Waals surface area contributed by atoms with E-state index in [0.717, 1.165) is 16.8 Å². The van der Waals surface area contributed by atoms with Gasteiger partial charge in [-0.05, 0) is 25.5 Å². The maximum absolute atomic E-state index is 13.6. The van der Waals surface area contributed by atoms with E-state index in [1.54, 1.807) is 12.4 Å². The Morgan fingerprint density at radius 3 is 2.12 bits per heavy atom. The number of nitrogens with zero attached hydrogens (tertiary/aromatic N) is 6. The molecule has 0 spiro atoms. The van der Waals surface area contributed by atoms with E-state index >= 15 is 0 Å². The molecule has 2 aromatic carbocycles. The van der Waals surface area contributed by atoms with Crippen molar-refractivity contribution in [3.05, 3.63) is 95.4 Å². The molecule has 1 aliphatic rings. The third-order valence-electron chi connectivity index (χ3n) is 6.18. The maximum Gasteiger partial charge on any atom is 0.257 e. The van der Waals surface area contributed by atoms with Gasteiger partial charge in [0, 0.05) is 50.3 Å².